The fraction of sp³-hybridized carbons (Fsp3) is 0.529. The Morgan fingerprint density at radius 1 is 1.38 bits per heavy atom. The smallest absolute Gasteiger partial charge is 0.317 e. The number of fused-ring (bicyclic) bond motifs is 1. The van der Waals surface area contributed by atoms with Gasteiger partial charge in [0.1, 0.15) is 5.82 Å². The second-order valence-electron chi connectivity index (χ2n) is 6.57. The van der Waals surface area contributed by atoms with Crippen LogP contribution >= 0.6 is 11.6 Å². The van der Waals surface area contributed by atoms with Crippen LogP contribution in [0, 0.1) is 5.92 Å². The van der Waals surface area contributed by atoms with Crippen molar-refractivity contribution < 1.29 is 4.79 Å². The maximum atomic E-state index is 12.1. The fourth-order valence-corrected chi connectivity index (χ4v) is 2.78. The number of urea groups is 1. The minimum Gasteiger partial charge on any atom is -0.342 e. The second kappa shape index (κ2) is 8.35. The number of aromatic nitrogens is 2. The van der Waals surface area contributed by atoms with Gasteiger partial charge in [-0.25, -0.2) is 9.78 Å². The Morgan fingerprint density at radius 3 is 2.83 bits per heavy atom. The van der Waals surface area contributed by atoms with E-state index in [1.807, 2.05) is 32.3 Å². The van der Waals surface area contributed by atoms with E-state index in [9.17, 15) is 4.79 Å². The van der Waals surface area contributed by atoms with E-state index in [2.05, 4.69) is 27.1 Å². The molecule has 0 spiro atoms. The van der Waals surface area contributed by atoms with E-state index in [-0.39, 0.29) is 6.03 Å². The van der Waals surface area contributed by atoms with E-state index in [1.165, 1.54) is 0 Å². The number of hydrogen-bond acceptors (Lipinski definition) is 3. The molecule has 0 saturated carbocycles. The van der Waals surface area contributed by atoms with Crippen LogP contribution in [0.2, 0.25) is 5.02 Å². The zero-order valence-corrected chi connectivity index (χ0v) is 15.5. The largest absolute Gasteiger partial charge is 0.342 e. The number of rotatable bonds is 7. The van der Waals surface area contributed by atoms with Crippen molar-refractivity contribution in [2.45, 2.75) is 13.3 Å². The van der Waals surface area contributed by atoms with Crippen LogP contribution in [0.4, 0.5) is 4.79 Å². The highest BCUT2D eigenvalue weighted by Gasteiger charge is 2.12. The lowest BCUT2D eigenvalue weighted by atomic mass is 10.2. The summed E-state index contributed by atoms with van der Waals surface area (Å²) in [7, 11) is 5.86. The Hall–Kier alpha value is -1.79. The summed E-state index contributed by atoms with van der Waals surface area (Å²) in [6, 6.07) is 5.51. The summed E-state index contributed by atoms with van der Waals surface area (Å²) in [6.07, 6.45) is 0.670. The van der Waals surface area contributed by atoms with Gasteiger partial charge in [-0.15, -0.1) is 0 Å². The molecule has 0 bridgehead atoms. The van der Waals surface area contributed by atoms with Crippen molar-refractivity contribution in [2.75, 3.05) is 40.8 Å². The zero-order valence-electron chi connectivity index (χ0n) is 14.8. The molecule has 0 aliphatic carbocycles. The average molecular weight is 352 g/mol. The van der Waals surface area contributed by atoms with E-state index in [4.69, 9.17) is 11.6 Å². The maximum Gasteiger partial charge on any atom is 0.317 e. The lowest BCUT2D eigenvalue weighted by molar-refractivity contribution is 0.206. The number of hydrogen-bond donors (Lipinski definition) is 2. The van der Waals surface area contributed by atoms with Gasteiger partial charge in [0.25, 0.3) is 0 Å². The summed E-state index contributed by atoms with van der Waals surface area (Å²) in [6.45, 7) is 4.34. The van der Waals surface area contributed by atoms with Crippen LogP contribution in [0.3, 0.4) is 0 Å². The van der Waals surface area contributed by atoms with Gasteiger partial charge in [0.2, 0.25) is 0 Å². The molecular weight excluding hydrogens is 326 g/mol. The van der Waals surface area contributed by atoms with Crippen molar-refractivity contribution in [3.05, 3.63) is 29.0 Å². The number of benzene rings is 1. The van der Waals surface area contributed by atoms with Crippen LogP contribution in [0.1, 0.15) is 12.7 Å². The molecular formula is C17H26ClN5O. The van der Waals surface area contributed by atoms with E-state index < -0.39 is 0 Å². The van der Waals surface area contributed by atoms with Crippen molar-refractivity contribution >= 4 is 28.7 Å². The lowest BCUT2D eigenvalue weighted by Gasteiger charge is -2.21. The highest BCUT2D eigenvalue weighted by molar-refractivity contribution is 6.31. The third kappa shape index (κ3) is 5.39. The van der Waals surface area contributed by atoms with Crippen molar-refractivity contribution in [2.24, 2.45) is 5.92 Å². The Balaban J connectivity index is 1.80. The van der Waals surface area contributed by atoms with Gasteiger partial charge in [-0.05, 0) is 38.2 Å². The van der Waals surface area contributed by atoms with E-state index >= 15 is 0 Å². The number of halogens is 1. The summed E-state index contributed by atoms with van der Waals surface area (Å²) < 4.78 is 0. The SMILES string of the molecule is C[C@@H](CNC(=O)N(C)CCc1nc2ccc(Cl)cc2[nH]1)CN(C)C. The number of aromatic amines is 1. The summed E-state index contributed by atoms with van der Waals surface area (Å²) in [5, 5.41) is 3.65. The molecule has 2 aromatic rings. The van der Waals surface area contributed by atoms with E-state index in [0.717, 1.165) is 23.4 Å². The van der Waals surface area contributed by atoms with Crippen LogP contribution in [-0.4, -0.2) is 66.6 Å². The predicted molar refractivity (Wildman–Crippen MR) is 98.6 cm³/mol. The molecule has 24 heavy (non-hydrogen) atoms. The number of carbonyl (C=O) groups excluding carboxylic acids is 1. The molecule has 132 valence electrons. The molecule has 2 N–H and O–H groups in total. The molecule has 0 unspecified atom stereocenters. The van der Waals surface area contributed by atoms with Crippen molar-refractivity contribution in [3.63, 3.8) is 0 Å². The molecule has 1 atom stereocenters. The monoisotopic (exact) mass is 351 g/mol. The normalized spacial score (nSPS) is 12.6. The molecule has 2 amide bonds. The Morgan fingerprint density at radius 2 is 2.12 bits per heavy atom. The number of imidazole rings is 1. The number of amides is 2. The molecule has 1 heterocycles. The van der Waals surface area contributed by atoms with Crippen LogP contribution in [0.5, 0.6) is 0 Å². The molecule has 0 aliphatic rings. The number of likely N-dealkylation sites (N-methyl/N-ethyl adjacent to an activating group) is 1. The number of nitrogens with zero attached hydrogens (tertiary/aromatic N) is 3. The molecule has 2 rings (SSSR count). The van der Waals surface area contributed by atoms with Gasteiger partial charge in [-0.1, -0.05) is 18.5 Å². The van der Waals surface area contributed by atoms with Crippen molar-refractivity contribution in [1.82, 2.24) is 25.1 Å². The van der Waals surface area contributed by atoms with Crippen LogP contribution in [0.25, 0.3) is 11.0 Å². The van der Waals surface area contributed by atoms with Crippen LogP contribution in [-0.2, 0) is 6.42 Å². The van der Waals surface area contributed by atoms with Gasteiger partial charge in [0, 0.05) is 38.1 Å². The number of H-pyrrole nitrogens is 1. The molecule has 0 aliphatic heterocycles. The molecule has 0 fully saturated rings. The van der Waals surface area contributed by atoms with E-state index in [0.29, 0.717) is 30.5 Å². The topological polar surface area (TPSA) is 64.3 Å². The lowest BCUT2D eigenvalue weighted by Crippen LogP contribution is -2.41. The van der Waals surface area contributed by atoms with Crippen LogP contribution < -0.4 is 5.32 Å². The van der Waals surface area contributed by atoms with Crippen LogP contribution in [0.15, 0.2) is 18.2 Å². The van der Waals surface area contributed by atoms with Gasteiger partial charge in [0.05, 0.1) is 11.0 Å². The summed E-state index contributed by atoms with van der Waals surface area (Å²) >= 11 is 5.98. The second-order valence-corrected chi connectivity index (χ2v) is 7.01. The molecule has 0 radical (unpaired) electrons. The predicted octanol–water partition coefficient (Wildman–Crippen LogP) is 2.60. The van der Waals surface area contributed by atoms with E-state index in [1.54, 1.807) is 11.9 Å². The standard InChI is InChI=1S/C17H26ClN5O/c1-12(11-22(2)3)10-19-17(24)23(4)8-7-16-20-14-6-5-13(18)9-15(14)21-16/h5-6,9,12H,7-8,10-11H2,1-4H3,(H,19,24)(H,20,21)/t12-/m0/s1. The molecule has 7 heteroatoms. The summed E-state index contributed by atoms with van der Waals surface area (Å²) in [4.78, 5) is 23.7. The molecule has 0 saturated heterocycles. The molecule has 1 aromatic carbocycles. The minimum atomic E-state index is -0.0558. The van der Waals surface area contributed by atoms with Crippen molar-refractivity contribution in [3.8, 4) is 0 Å². The average Bonchev–Trinajstić information content (AvgIpc) is 2.91. The summed E-state index contributed by atoms with van der Waals surface area (Å²) in [5.74, 6) is 1.27. The van der Waals surface area contributed by atoms with Gasteiger partial charge in [-0.2, -0.15) is 0 Å². The number of carbonyl (C=O) groups is 1. The van der Waals surface area contributed by atoms with Crippen molar-refractivity contribution in [1.29, 1.82) is 0 Å². The Labute approximate surface area is 148 Å². The Kier molecular flexibility index (Phi) is 6.45. The highest BCUT2D eigenvalue weighted by Crippen LogP contribution is 2.17. The fourth-order valence-electron chi connectivity index (χ4n) is 2.61. The molecule has 6 nitrogen and oxygen atoms in total. The first-order chi connectivity index (χ1) is 11.3. The highest BCUT2D eigenvalue weighted by atomic mass is 35.5. The quantitative estimate of drug-likeness (QED) is 0.805. The third-order valence-electron chi connectivity index (χ3n) is 3.80. The minimum absolute atomic E-state index is 0.0558. The summed E-state index contributed by atoms with van der Waals surface area (Å²) in [5.41, 5.74) is 1.81. The van der Waals surface area contributed by atoms with Gasteiger partial charge < -0.3 is 20.1 Å². The first-order valence-corrected chi connectivity index (χ1v) is 8.50. The number of nitrogens with one attached hydrogen (secondary N) is 2. The maximum absolute atomic E-state index is 12.1. The Bertz CT molecular complexity index is 685. The first kappa shape index (κ1) is 18.5. The third-order valence-corrected chi connectivity index (χ3v) is 4.04. The zero-order chi connectivity index (χ0) is 17.7. The van der Waals surface area contributed by atoms with Gasteiger partial charge in [-0.3, -0.25) is 0 Å². The first-order valence-electron chi connectivity index (χ1n) is 8.13. The molecule has 1 aromatic heterocycles. The van der Waals surface area contributed by atoms with Gasteiger partial charge >= 0.3 is 6.03 Å². The van der Waals surface area contributed by atoms with Gasteiger partial charge in [0.15, 0.2) is 0 Å².